The molecule has 2 heterocycles. The summed E-state index contributed by atoms with van der Waals surface area (Å²) in [5.41, 5.74) is 11.5. The molecule has 0 unspecified atom stereocenters. The van der Waals surface area contributed by atoms with E-state index in [2.05, 4.69) is 203 Å². The highest BCUT2D eigenvalue weighted by molar-refractivity contribution is 6.09. The Morgan fingerprint density at radius 1 is 0.365 bits per heavy atom. The maximum atomic E-state index is 4.43. The van der Waals surface area contributed by atoms with Crippen LogP contribution in [-0.4, -0.2) is 9.55 Å². The average Bonchev–Trinajstić information content (AvgIpc) is 3.56. The van der Waals surface area contributed by atoms with Crippen molar-refractivity contribution in [1.29, 1.82) is 0 Å². The first-order valence-electron chi connectivity index (χ1n) is 17.7. The smallest absolute Gasteiger partial charge is 0.0571 e. The van der Waals surface area contributed by atoms with Gasteiger partial charge in [0.25, 0.3) is 0 Å². The minimum Gasteiger partial charge on any atom is -0.310 e. The third kappa shape index (κ3) is 5.10. The normalized spacial score (nSPS) is 11.5. The number of fused-ring (bicyclic) bond motifs is 6. The Kier molecular flexibility index (Phi) is 7.14. The summed E-state index contributed by atoms with van der Waals surface area (Å²) in [7, 11) is 0. The minimum absolute atomic E-state index is 1.10. The van der Waals surface area contributed by atoms with Crippen LogP contribution in [0.4, 0.5) is 17.1 Å². The second-order valence-corrected chi connectivity index (χ2v) is 13.3. The van der Waals surface area contributed by atoms with E-state index >= 15 is 0 Å². The summed E-state index contributed by atoms with van der Waals surface area (Å²) in [4.78, 5) is 6.79. The lowest BCUT2D eigenvalue weighted by Gasteiger charge is -2.26. The molecule has 0 N–H and O–H groups in total. The number of hydrogen-bond donors (Lipinski definition) is 0. The first kappa shape index (κ1) is 29.9. The van der Waals surface area contributed by atoms with Crippen molar-refractivity contribution in [2.75, 3.05) is 4.90 Å². The lowest BCUT2D eigenvalue weighted by atomic mass is 10.0. The van der Waals surface area contributed by atoms with E-state index in [9.17, 15) is 0 Å². The third-order valence-corrected chi connectivity index (χ3v) is 10.3. The zero-order chi connectivity index (χ0) is 34.4. The van der Waals surface area contributed by atoms with Gasteiger partial charge in [-0.2, -0.15) is 0 Å². The van der Waals surface area contributed by atoms with Crippen LogP contribution in [0, 0.1) is 0 Å². The van der Waals surface area contributed by atoms with Crippen molar-refractivity contribution in [1.82, 2.24) is 9.55 Å². The van der Waals surface area contributed by atoms with E-state index in [1.165, 1.54) is 49.1 Å². The van der Waals surface area contributed by atoms with Crippen LogP contribution in [0.25, 0.3) is 71.3 Å². The van der Waals surface area contributed by atoms with Crippen LogP contribution in [0.1, 0.15) is 0 Å². The molecule has 0 bridgehead atoms. The number of para-hydroxylation sites is 1. The molecule has 0 saturated carbocycles. The van der Waals surface area contributed by atoms with E-state index < -0.39 is 0 Å². The summed E-state index contributed by atoms with van der Waals surface area (Å²) in [5, 5.41) is 7.37. The van der Waals surface area contributed by atoms with Crippen molar-refractivity contribution in [2.24, 2.45) is 0 Å². The van der Waals surface area contributed by atoms with Crippen LogP contribution in [0.2, 0.25) is 0 Å². The first-order chi connectivity index (χ1) is 25.8. The van der Waals surface area contributed by atoms with Gasteiger partial charge >= 0.3 is 0 Å². The van der Waals surface area contributed by atoms with Gasteiger partial charge in [-0.1, -0.05) is 127 Å². The molecule has 0 aliphatic rings. The molecule has 0 spiro atoms. The van der Waals surface area contributed by atoms with Crippen LogP contribution >= 0.6 is 0 Å². The van der Waals surface area contributed by atoms with Gasteiger partial charge in [0.15, 0.2) is 0 Å². The maximum Gasteiger partial charge on any atom is 0.0571 e. The van der Waals surface area contributed by atoms with Gasteiger partial charge in [0.2, 0.25) is 0 Å². The summed E-state index contributed by atoms with van der Waals surface area (Å²) < 4.78 is 2.34. The minimum atomic E-state index is 1.10. The Hall–Kier alpha value is -6.97. The molecule has 3 heteroatoms. The molecule has 244 valence electrons. The number of hydrogen-bond acceptors (Lipinski definition) is 2. The summed E-state index contributed by atoms with van der Waals surface area (Å²) in [5.74, 6) is 0. The van der Waals surface area contributed by atoms with Crippen molar-refractivity contribution < 1.29 is 0 Å². The topological polar surface area (TPSA) is 21.1 Å². The van der Waals surface area contributed by atoms with Gasteiger partial charge < -0.3 is 9.47 Å². The van der Waals surface area contributed by atoms with Crippen LogP contribution in [-0.2, 0) is 0 Å². The molecule has 10 aromatic rings. The largest absolute Gasteiger partial charge is 0.310 e. The van der Waals surface area contributed by atoms with E-state index in [4.69, 9.17) is 0 Å². The second kappa shape index (κ2) is 12.4. The van der Waals surface area contributed by atoms with E-state index in [1.807, 2.05) is 12.4 Å². The zero-order valence-electron chi connectivity index (χ0n) is 28.4. The predicted molar refractivity (Wildman–Crippen MR) is 219 cm³/mol. The van der Waals surface area contributed by atoms with Crippen molar-refractivity contribution in [3.05, 3.63) is 200 Å². The van der Waals surface area contributed by atoms with Gasteiger partial charge in [-0.3, -0.25) is 4.98 Å². The van der Waals surface area contributed by atoms with E-state index in [1.54, 1.807) is 0 Å². The molecule has 0 aliphatic heterocycles. The summed E-state index contributed by atoms with van der Waals surface area (Å²) in [6.45, 7) is 0. The summed E-state index contributed by atoms with van der Waals surface area (Å²) in [6.07, 6.45) is 3.84. The molecule has 0 amide bonds. The number of rotatable bonds is 6. The fourth-order valence-electron chi connectivity index (χ4n) is 7.74. The molecule has 0 fully saturated rings. The number of pyridine rings is 1. The fourth-order valence-corrected chi connectivity index (χ4v) is 7.74. The molecular formula is C49H33N3. The van der Waals surface area contributed by atoms with Gasteiger partial charge in [0, 0.05) is 45.9 Å². The number of aromatic nitrogens is 2. The Morgan fingerprint density at radius 3 is 1.77 bits per heavy atom. The van der Waals surface area contributed by atoms with Crippen LogP contribution in [0.15, 0.2) is 200 Å². The molecule has 10 rings (SSSR count). The lowest BCUT2D eigenvalue weighted by molar-refractivity contribution is 1.17. The molecule has 0 radical (unpaired) electrons. The van der Waals surface area contributed by atoms with Gasteiger partial charge in [0.1, 0.15) is 0 Å². The standard InChI is InChI=1S/C49H33N3/c1-2-9-34(10-3-1)35-19-23-40(24-20-35)51(43-27-28-45-39(32-43)18-17-37-11-4-5-14-44(37)45)41-25-21-36(22-26-41)38-12-8-13-42(31-38)52-48-16-7-6-15-46(48)47-33-50-30-29-49(47)52/h1-33H. The molecule has 0 atom stereocenters. The van der Waals surface area contributed by atoms with E-state index in [-0.39, 0.29) is 0 Å². The van der Waals surface area contributed by atoms with Crippen LogP contribution < -0.4 is 4.90 Å². The fraction of sp³-hybridized carbons (Fsp3) is 0. The van der Waals surface area contributed by atoms with Crippen LogP contribution in [0.5, 0.6) is 0 Å². The molecule has 2 aromatic heterocycles. The van der Waals surface area contributed by atoms with E-state index in [0.717, 1.165) is 39.2 Å². The highest BCUT2D eigenvalue weighted by atomic mass is 15.1. The maximum absolute atomic E-state index is 4.43. The second-order valence-electron chi connectivity index (χ2n) is 13.3. The van der Waals surface area contributed by atoms with Crippen LogP contribution in [0.3, 0.4) is 0 Å². The lowest BCUT2D eigenvalue weighted by Crippen LogP contribution is -2.09. The monoisotopic (exact) mass is 663 g/mol. The molecule has 0 saturated heterocycles. The highest BCUT2D eigenvalue weighted by Crippen LogP contribution is 2.39. The molecule has 52 heavy (non-hydrogen) atoms. The number of nitrogens with zero attached hydrogens (tertiary/aromatic N) is 3. The molecule has 8 aromatic carbocycles. The Labute approximate surface area is 302 Å². The summed E-state index contributed by atoms with van der Waals surface area (Å²) in [6, 6.07) is 67.8. The third-order valence-electron chi connectivity index (χ3n) is 10.3. The Balaban J connectivity index is 1.06. The summed E-state index contributed by atoms with van der Waals surface area (Å²) >= 11 is 0. The predicted octanol–water partition coefficient (Wildman–Crippen LogP) is 13.3. The SMILES string of the molecule is c1ccc(-c2ccc(N(c3ccc(-c4cccc(-n5c6ccccc6c6cnccc65)c4)cc3)c3ccc4c(ccc5ccccc54)c3)cc2)cc1. The molecule has 3 nitrogen and oxygen atoms in total. The zero-order valence-corrected chi connectivity index (χ0v) is 28.4. The van der Waals surface area contributed by atoms with Crippen molar-refractivity contribution in [2.45, 2.75) is 0 Å². The van der Waals surface area contributed by atoms with Crippen molar-refractivity contribution in [3.63, 3.8) is 0 Å². The van der Waals surface area contributed by atoms with Gasteiger partial charge in [-0.05, 0) is 104 Å². The van der Waals surface area contributed by atoms with Gasteiger partial charge in [-0.15, -0.1) is 0 Å². The Bertz CT molecular complexity index is 2830. The van der Waals surface area contributed by atoms with Crippen molar-refractivity contribution in [3.8, 4) is 27.9 Å². The van der Waals surface area contributed by atoms with E-state index in [0.29, 0.717) is 0 Å². The molecular weight excluding hydrogens is 631 g/mol. The van der Waals surface area contributed by atoms with Crippen molar-refractivity contribution >= 4 is 60.4 Å². The highest BCUT2D eigenvalue weighted by Gasteiger charge is 2.16. The molecule has 0 aliphatic carbocycles. The van der Waals surface area contributed by atoms with Gasteiger partial charge in [-0.25, -0.2) is 0 Å². The quantitative estimate of drug-likeness (QED) is 0.165. The average molecular weight is 664 g/mol. The number of benzene rings is 8. The first-order valence-corrected chi connectivity index (χ1v) is 17.7. The number of anilines is 3. The van der Waals surface area contributed by atoms with Gasteiger partial charge in [0.05, 0.1) is 11.0 Å². The Morgan fingerprint density at radius 2 is 0.962 bits per heavy atom.